The molecule has 2 atom stereocenters. The van der Waals surface area contributed by atoms with Crippen molar-refractivity contribution in [2.45, 2.75) is 39.2 Å². The highest BCUT2D eigenvalue weighted by Crippen LogP contribution is 2.07. The lowest BCUT2D eigenvalue weighted by molar-refractivity contribution is 0.323. The van der Waals surface area contributed by atoms with Gasteiger partial charge in [0.15, 0.2) is 0 Å². The highest BCUT2D eigenvalue weighted by molar-refractivity contribution is 6.18. The first-order valence-electron chi connectivity index (χ1n) is 6.25. The van der Waals surface area contributed by atoms with Gasteiger partial charge in [0.05, 0.1) is 0 Å². The molecule has 1 saturated heterocycles. The van der Waals surface area contributed by atoms with Crippen LogP contribution in [-0.4, -0.2) is 43.0 Å². The molecule has 1 aliphatic rings. The Balaban J connectivity index is 1.96. The van der Waals surface area contributed by atoms with Gasteiger partial charge in [-0.2, -0.15) is 0 Å². The SMILES string of the molecule is CC(CCl)C(C)NCCCN1CCCC1. The fourth-order valence-corrected chi connectivity index (χ4v) is 2.24. The first kappa shape index (κ1) is 13.3. The van der Waals surface area contributed by atoms with Crippen LogP contribution < -0.4 is 5.32 Å². The second-order valence-electron chi connectivity index (χ2n) is 4.78. The molecule has 0 aromatic heterocycles. The van der Waals surface area contributed by atoms with Gasteiger partial charge in [-0.3, -0.25) is 0 Å². The summed E-state index contributed by atoms with van der Waals surface area (Å²) in [5.74, 6) is 1.32. The van der Waals surface area contributed by atoms with Gasteiger partial charge in [0, 0.05) is 11.9 Å². The summed E-state index contributed by atoms with van der Waals surface area (Å²) >= 11 is 5.82. The maximum Gasteiger partial charge on any atom is 0.0263 e. The van der Waals surface area contributed by atoms with E-state index in [-0.39, 0.29) is 0 Å². The minimum Gasteiger partial charge on any atom is -0.314 e. The van der Waals surface area contributed by atoms with Gasteiger partial charge in [-0.1, -0.05) is 6.92 Å². The highest BCUT2D eigenvalue weighted by atomic mass is 35.5. The smallest absolute Gasteiger partial charge is 0.0263 e. The zero-order valence-electron chi connectivity index (χ0n) is 10.1. The van der Waals surface area contributed by atoms with E-state index in [1.165, 1.54) is 38.9 Å². The molecule has 1 fully saturated rings. The van der Waals surface area contributed by atoms with Gasteiger partial charge in [0.2, 0.25) is 0 Å². The first-order valence-corrected chi connectivity index (χ1v) is 6.79. The number of nitrogens with zero attached hydrogens (tertiary/aromatic N) is 1. The highest BCUT2D eigenvalue weighted by Gasteiger charge is 2.12. The van der Waals surface area contributed by atoms with Gasteiger partial charge in [0.25, 0.3) is 0 Å². The van der Waals surface area contributed by atoms with Crippen molar-refractivity contribution in [3.63, 3.8) is 0 Å². The van der Waals surface area contributed by atoms with Crippen molar-refractivity contribution in [2.75, 3.05) is 32.1 Å². The van der Waals surface area contributed by atoms with Crippen LogP contribution in [0, 0.1) is 5.92 Å². The Bertz CT molecular complexity index is 158. The summed E-state index contributed by atoms with van der Waals surface area (Å²) in [5, 5.41) is 3.55. The molecule has 2 unspecified atom stereocenters. The summed E-state index contributed by atoms with van der Waals surface area (Å²) in [5.41, 5.74) is 0. The largest absolute Gasteiger partial charge is 0.314 e. The van der Waals surface area contributed by atoms with Gasteiger partial charge in [-0.05, 0) is 58.3 Å². The molecule has 1 aliphatic heterocycles. The molecule has 2 nitrogen and oxygen atoms in total. The monoisotopic (exact) mass is 232 g/mol. The summed E-state index contributed by atoms with van der Waals surface area (Å²) in [6.45, 7) is 9.43. The van der Waals surface area contributed by atoms with Crippen molar-refractivity contribution in [3.05, 3.63) is 0 Å². The fraction of sp³-hybridized carbons (Fsp3) is 1.00. The van der Waals surface area contributed by atoms with Gasteiger partial charge < -0.3 is 10.2 Å². The number of hydrogen-bond donors (Lipinski definition) is 1. The van der Waals surface area contributed by atoms with Crippen molar-refractivity contribution in [3.8, 4) is 0 Å². The molecule has 1 rings (SSSR count). The fourth-order valence-electron chi connectivity index (χ4n) is 1.97. The average Bonchev–Trinajstić information content (AvgIpc) is 2.75. The van der Waals surface area contributed by atoms with Gasteiger partial charge in [0.1, 0.15) is 0 Å². The lowest BCUT2D eigenvalue weighted by atomic mass is 10.1. The third-order valence-electron chi connectivity index (χ3n) is 3.41. The number of halogens is 1. The predicted octanol–water partition coefficient (Wildman–Crippen LogP) is 2.33. The van der Waals surface area contributed by atoms with E-state index in [9.17, 15) is 0 Å². The summed E-state index contributed by atoms with van der Waals surface area (Å²) in [6, 6.07) is 0.543. The van der Waals surface area contributed by atoms with Crippen LogP contribution in [0.15, 0.2) is 0 Å². The van der Waals surface area contributed by atoms with Crippen molar-refractivity contribution in [2.24, 2.45) is 5.92 Å². The molecule has 0 saturated carbocycles. The molecule has 0 aromatic carbocycles. The van der Waals surface area contributed by atoms with Crippen molar-refractivity contribution in [1.82, 2.24) is 10.2 Å². The summed E-state index contributed by atoms with van der Waals surface area (Å²) < 4.78 is 0. The second-order valence-corrected chi connectivity index (χ2v) is 5.09. The van der Waals surface area contributed by atoms with E-state index in [4.69, 9.17) is 11.6 Å². The van der Waals surface area contributed by atoms with Crippen molar-refractivity contribution in [1.29, 1.82) is 0 Å². The molecule has 90 valence electrons. The number of likely N-dealkylation sites (tertiary alicyclic amines) is 1. The van der Waals surface area contributed by atoms with E-state index >= 15 is 0 Å². The van der Waals surface area contributed by atoms with Gasteiger partial charge in [-0.15, -0.1) is 11.6 Å². The molecule has 15 heavy (non-hydrogen) atoms. The molecular weight excluding hydrogens is 208 g/mol. The Labute approximate surface area is 99.4 Å². The Morgan fingerprint density at radius 3 is 2.53 bits per heavy atom. The molecule has 0 aliphatic carbocycles. The molecule has 0 aromatic rings. The maximum absolute atomic E-state index is 5.82. The third-order valence-corrected chi connectivity index (χ3v) is 3.90. The van der Waals surface area contributed by atoms with Crippen molar-refractivity contribution < 1.29 is 0 Å². The van der Waals surface area contributed by atoms with Gasteiger partial charge >= 0.3 is 0 Å². The van der Waals surface area contributed by atoms with E-state index in [2.05, 4.69) is 24.1 Å². The van der Waals surface area contributed by atoms with Gasteiger partial charge in [-0.25, -0.2) is 0 Å². The molecule has 3 heteroatoms. The molecule has 0 bridgehead atoms. The first-order chi connectivity index (χ1) is 7.24. The van der Waals surface area contributed by atoms with Crippen LogP contribution in [0.1, 0.15) is 33.1 Å². The van der Waals surface area contributed by atoms with E-state index in [0.29, 0.717) is 12.0 Å². The lowest BCUT2D eigenvalue weighted by Gasteiger charge is -2.20. The summed E-state index contributed by atoms with van der Waals surface area (Å²) in [6.07, 6.45) is 4.06. The minimum absolute atomic E-state index is 0.543. The Hall–Kier alpha value is 0.210. The number of nitrogens with one attached hydrogen (secondary N) is 1. The number of rotatable bonds is 7. The van der Waals surface area contributed by atoms with Crippen LogP contribution in [0.3, 0.4) is 0 Å². The third kappa shape index (κ3) is 5.19. The van der Waals surface area contributed by atoms with E-state index in [1.54, 1.807) is 0 Å². The van der Waals surface area contributed by atoms with Crippen LogP contribution in [0.25, 0.3) is 0 Å². The minimum atomic E-state index is 0.543. The molecule has 0 amide bonds. The topological polar surface area (TPSA) is 15.3 Å². The zero-order chi connectivity index (χ0) is 11.1. The molecule has 0 spiro atoms. The normalized spacial score (nSPS) is 21.8. The Morgan fingerprint density at radius 1 is 1.27 bits per heavy atom. The lowest BCUT2D eigenvalue weighted by Crippen LogP contribution is -2.35. The van der Waals surface area contributed by atoms with Crippen molar-refractivity contribution >= 4 is 11.6 Å². The molecule has 1 N–H and O–H groups in total. The summed E-state index contributed by atoms with van der Waals surface area (Å²) in [4.78, 5) is 2.57. The molecular formula is C12H25ClN2. The quantitative estimate of drug-likeness (QED) is 0.536. The predicted molar refractivity (Wildman–Crippen MR) is 67.6 cm³/mol. The maximum atomic E-state index is 5.82. The molecule has 1 heterocycles. The average molecular weight is 233 g/mol. The Morgan fingerprint density at radius 2 is 1.93 bits per heavy atom. The van der Waals surface area contributed by atoms with E-state index in [1.807, 2.05) is 0 Å². The van der Waals surface area contributed by atoms with Crippen LogP contribution in [-0.2, 0) is 0 Å². The van der Waals surface area contributed by atoms with Crippen LogP contribution >= 0.6 is 11.6 Å². The van der Waals surface area contributed by atoms with Crippen LogP contribution in [0.4, 0.5) is 0 Å². The standard InChI is InChI=1S/C12H25ClN2/c1-11(10-13)12(2)14-6-5-9-15-7-3-4-8-15/h11-12,14H,3-10H2,1-2H3. The van der Waals surface area contributed by atoms with E-state index in [0.717, 1.165) is 12.4 Å². The van der Waals surface area contributed by atoms with Crippen LogP contribution in [0.2, 0.25) is 0 Å². The zero-order valence-corrected chi connectivity index (χ0v) is 10.9. The number of hydrogen-bond acceptors (Lipinski definition) is 2. The molecule has 0 radical (unpaired) electrons. The Kier molecular flexibility index (Phi) is 6.62. The number of alkyl halides is 1. The second kappa shape index (κ2) is 7.48. The van der Waals surface area contributed by atoms with E-state index < -0.39 is 0 Å². The summed E-state index contributed by atoms with van der Waals surface area (Å²) in [7, 11) is 0. The van der Waals surface area contributed by atoms with Crippen LogP contribution in [0.5, 0.6) is 0 Å².